The van der Waals surface area contributed by atoms with Gasteiger partial charge in [0.25, 0.3) is 0 Å². The Labute approximate surface area is 117 Å². The third-order valence-electron chi connectivity index (χ3n) is 2.31. The second-order valence-electron chi connectivity index (χ2n) is 3.69. The van der Waals surface area contributed by atoms with E-state index in [1.54, 1.807) is 12.4 Å². The van der Waals surface area contributed by atoms with E-state index in [1.165, 1.54) is 5.56 Å². The normalized spacial score (nSPS) is 10.3. The van der Waals surface area contributed by atoms with Crippen LogP contribution in [-0.2, 0) is 0 Å². The molecule has 88 valence electrons. The average Bonchev–Trinajstić information content (AvgIpc) is 2.26. The van der Waals surface area contributed by atoms with Gasteiger partial charge >= 0.3 is 0 Å². The van der Waals surface area contributed by atoms with E-state index in [9.17, 15) is 0 Å². The van der Waals surface area contributed by atoms with Crippen LogP contribution in [0.15, 0.2) is 39.5 Å². The second kappa shape index (κ2) is 5.06. The Bertz CT molecular complexity index is 535. The molecule has 0 fully saturated rings. The third-order valence-corrected chi connectivity index (χ3v) is 3.57. The topological polar surface area (TPSA) is 50.9 Å². The molecular weight excluding hydrogens is 346 g/mol. The maximum absolute atomic E-state index is 5.88. The molecule has 0 saturated carbocycles. The Balaban J connectivity index is 2.38. The lowest BCUT2D eigenvalue weighted by atomic mass is 10.2. The van der Waals surface area contributed by atoms with Crippen LogP contribution in [0.1, 0.15) is 5.56 Å². The fourth-order valence-corrected chi connectivity index (χ4v) is 2.48. The van der Waals surface area contributed by atoms with E-state index in [0.717, 1.165) is 20.3 Å². The number of rotatable bonds is 2. The number of nitrogens with one attached hydrogen (secondary N) is 1. The maximum Gasteiger partial charge on any atom is 0.0794 e. The fraction of sp³-hybridized carbons (Fsp3) is 0.0833. The van der Waals surface area contributed by atoms with Crippen molar-refractivity contribution in [2.24, 2.45) is 0 Å². The van der Waals surface area contributed by atoms with Crippen LogP contribution in [0.5, 0.6) is 0 Å². The number of aryl methyl sites for hydroxylation is 1. The first-order valence-corrected chi connectivity index (χ1v) is 6.58. The number of anilines is 3. The molecule has 1 aromatic carbocycles. The predicted molar refractivity (Wildman–Crippen MR) is 78.5 cm³/mol. The summed E-state index contributed by atoms with van der Waals surface area (Å²) in [7, 11) is 0. The highest BCUT2D eigenvalue weighted by Gasteiger charge is 2.07. The van der Waals surface area contributed by atoms with Crippen LogP contribution in [-0.4, -0.2) is 4.98 Å². The van der Waals surface area contributed by atoms with Gasteiger partial charge in [-0.1, -0.05) is 6.07 Å². The molecule has 0 spiro atoms. The monoisotopic (exact) mass is 355 g/mol. The number of hydrogen-bond donors (Lipinski definition) is 2. The number of pyridine rings is 1. The van der Waals surface area contributed by atoms with E-state index in [1.807, 2.05) is 25.1 Å². The Morgan fingerprint density at radius 1 is 1.18 bits per heavy atom. The lowest BCUT2D eigenvalue weighted by molar-refractivity contribution is 1.30. The zero-order chi connectivity index (χ0) is 12.4. The summed E-state index contributed by atoms with van der Waals surface area (Å²) in [6, 6.07) is 6.09. The highest BCUT2D eigenvalue weighted by molar-refractivity contribution is 9.11. The second-order valence-corrected chi connectivity index (χ2v) is 5.40. The largest absolute Gasteiger partial charge is 0.396 e. The standard InChI is InChI=1S/C12H11Br2N3/c1-7-2-3-11(8(13)4-7)17-12-9(14)5-16-6-10(12)15/h2-6H,15H2,1H3,(H,16,17). The Morgan fingerprint density at radius 2 is 1.94 bits per heavy atom. The molecule has 0 unspecified atom stereocenters. The Kier molecular flexibility index (Phi) is 3.69. The van der Waals surface area contributed by atoms with Gasteiger partial charge < -0.3 is 11.1 Å². The van der Waals surface area contributed by atoms with Crippen molar-refractivity contribution in [3.05, 3.63) is 45.1 Å². The molecular formula is C12H11Br2N3. The lowest BCUT2D eigenvalue weighted by Gasteiger charge is -2.12. The van der Waals surface area contributed by atoms with Gasteiger partial charge in [-0.25, -0.2) is 0 Å². The van der Waals surface area contributed by atoms with Crippen molar-refractivity contribution in [3.8, 4) is 0 Å². The van der Waals surface area contributed by atoms with Gasteiger partial charge in [-0.15, -0.1) is 0 Å². The molecule has 0 amide bonds. The smallest absolute Gasteiger partial charge is 0.0794 e. The highest BCUT2D eigenvalue weighted by atomic mass is 79.9. The van der Waals surface area contributed by atoms with Crippen molar-refractivity contribution in [2.75, 3.05) is 11.1 Å². The van der Waals surface area contributed by atoms with Crippen molar-refractivity contribution in [3.63, 3.8) is 0 Å². The average molecular weight is 357 g/mol. The number of hydrogen-bond acceptors (Lipinski definition) is 3. The minimum Gasteiger partial charge on any atom is -0.396 e. The van der Waals surface area contributed by atoms with Gasteiger partial charge in [-0.2, -0.15) is 0 Å². The molecule has 0 aliphatic rings. The number of aromatic nitrogens is 1. The molecule has 0 bridgehead atoms. The zero-order valence-corrected chi connectivity index (χ0v) is 12.3. The van der Waals surface area contributed by atoms with Crippen LogP contribution in [0.4, 0.5) is 17.1 Å². The molecule has 1 heterocycles. The first kappa shape index (κ1) is 12.4. The van der Waals surface area contributed by atoms with Crippen molar-refractivity contribution in [2.45, 2.75) is 6.92 Å². The fourth-order valence-electron chi connectivity index (χ4n) is 1.44. The quantitative estimate of drug-likeness (QED) is 0.846. The minimum atomic E-state index is 0.604. The lowest BCUT2D eigenvalue weighted by Crippen LogP contribution is -1.98. The number of nitrogens with two attached hydrogens (primary N) is 1. The van der Waals surface area contributed by atoms with Crippen molar-refractivity contribution in [1.82, 2.24) is 4.98 Å². The van der Waals surface area contributed by atoms with Gasteiger partial charge in [0.1, 0.15) is 0 Å². The Morgan fingerprint density at radius 3 is 2.59 bits per heavy atom. The van der Waals surface area contributed by atoms with E-state index in [0.29, 0.717) is 5.69 Å². The van der Waals surface area contributed by atoms with E-state index in [4.69, 9.17) is 5.73 Å². The minimum absolute atomic E-state index is 0.604. The Hall–Kier alpha value is -1.07. The summed E-state index contributed by atoms with van der Waals surface area (Å²) >= 11 is 6.94. The SMILES string of the molecule is Cc1ccc(Nc2c(N)cncc2Br)c(Br)c1. The van der Waals surface area contributed by atoms with E-state index in [-0.39, 0.29) is 0 Å². The summed E-state index contributed by atoms with van der Waals surface area (Å²) < 4.78 is 1.84. The van der Waals surface area contributed by atoms with Crippen LogP contribution >= 0.6 is 31.9 Å². The number of benzene rings is 1. The van der Waals surface area contributed by atoms with Crippen LogP contribution < -0.4 is 11.1 Å². The molecule has 0 aliphatic carbocycles. The van der Waals surface area contributed by atoms with Gasteiger partial charge in [0.2, 0.25) is 0 Å². The number of nitrogen functional groups attached to an aromatic ring is 1. The summed E-state index contributed by atoms with van der Waals surface area (Å²) in [4.78, 5) is 4.00. The van der Waals surface area contributed by atoms with Crippen molar-refractivity contribution in [1.29, 1.82) is 0 Å². The van der Waals surface area contributed by atoms with Gasteiger partial charge in [0, 0.05) is 10.7 Å². The molecule has 2 aromatic rings. The number of halogens is 2. The predicted octanol–water partition coefficient (Wildman–Crippen LogP) is 4.24. The third kappa shape index (κ3) is 2.79. The van der Waals surface area contributed by atoms with Gasteiger partial charge in [0.05, 0.1) is 27.7 Å². The summed E-state index contributed by atoms with van der Waals surface area (Å²) in [5.74, 6) is 0. The summed E-state index contributed by atoms with van der Waals surface area (Å²) in [6.45, 7) is 2.05. The molecule has 0 radical (unpaired) electrons. The van der Waals surface area contributed by atoms with Gasteiger partial charge in [0.15, 0.2) is 0 Å². The highest BCUT2D eigenvalue weighted by Crippen LogP contribution is 2.33. The molecule has 17 heavy (non-hydrogen) atoms. The van der Waals surface area contributed by atoms with Gasteiger partial charge in [-0.05, 0) is 56.5 Å². The molecule has 3 N–H and O–H groups in total. The van der Waals surface area contributed by atoms with E-state index >= 15 is 0 Å². The molecule has 1 aromatic heterocycles. The molecule has 0 aliphatic heterocycles. The molecule has 0 saturated heterocycles. The van der Waals surface area contributed by atoms with E-state index < -0.39 is 0 Å². The van der Waals surface area contributed by atoms with Crippen LogP contribution in [0, 0.1) is 6.92 Å². The maximum atomic E-state index is 5.88. The zero-order valence-electron chi connectivity index (χ0n) is 9.17. The van der Waals surface area contributed by atoms with Crippen molar-refractivity contribution >= 4 is 48.9 Å². The molecule has 2 rings (SSSR count). The van der Waals surface area contributed by atoms with Crippen LogP contribution in [0.2, 0.25) is 0 Å². The molecule has 3 nitrogen and oxygen atoms in total. The summed E-state index contributed by atoms with van der Waals surface area (Å²) in [5.41, 5.74) is 9.47. The first-order chi connectivity index (χ1) is 8.08. The summed E-state index contributed by atoms with van der Waals surface area (Å²) in [5, 5.41) is 3.28. The number of nitrogens with zero attached hydrogens (tertiary/aromatic N) is 1. The molecule has 0 atom stereocenters. The summed E-state index contributed by atoms with van der Waals surface area (Å²) in [6.07, 6.45) is 3.33. The van der Waals surface area contributed by atoms with Crippen LogP contribution in [0.3, 0.4) is 0 Å². The van der Waals surface area contributed by atoms with Crippen molar-refractivity contribution < 1.29 is 0 Å². The van der Waals surface area contributed by atoms with E-state index in [2.05, 4.69) is 42.2 Å². The molecule has 5 heteroatoms. The first-order valence-electron chi connectivity index (χ1n) is 5.00. The van der Waals surface area contributed by atoms with Gasteiger partial charge in [-0.3, -0.25) is 4.98 Å². The van der Waals surface area contributed by atoms with Crippen LogP contribution in [0.25, 0.3) is 0 Å².